The number of carbonyl (C=O) groups excluding carboxylic acids is 4. The smallest absolute Gasteiger partial charge is 0.416 e. The maximum atomic E-state index is 13.4. The van der Waals surface area contributed by atoms with Gasteiger partial charge in [0.1, 0.15) is 11.6 Å². The summed E-state index contributed by atoms with van der Waals surface area (Å²) in [5.41, 5.74) is 2.33. The molecule has 1 saturated carbocycles. The average molecular weight is 616 g/mol. The molecule has 2 heterocycles. The normalized spacial score (nSPS) is 27.8. The van der Waals surface area contributed by atoms with E-state index in [9.17, 15) is 40.8 Å². The monoisotopic (exact) mass is 615 g/mol. The SMILES string of the molecule is NC(=O)OC1CCCCC/C=C/C2CC2(C(=O)NS(=O)(=O)Nc2ccc(C(F)(F)F)cc2)NC(=O)C2CCCN2C1=O. The summed E-state index contributed by atoms with van der Waals surface area (Å²) in [6.07, 6.45) is 0.343. The molecule has 42 heavy (non-hydrogen) atoms. The Kier molecular flexibility index (Phi) is 9.03. The van der Waals surface area contributed by atoms with Gasteiger partial charge in [-0.1, -0.05) is 18.6 Å². The van der Waals surface area contributed by atoms with Crippen molar-refractivity contribution in [3.8, 4) is 0 Å². The molecule has 2 fully saturated rings. The van der Waals surface area contributed by atoms with Gasteiger partial charge in [-0.15, -0.1) is 0 Å². The number of ether oxygens (including phenoxy) is 1. The lowest BCUT2D eigenvalue weighted by Gasteiger charge is -2.29. The van der Waals surface area contributed by atoms with Gasteiger partial charge in [-0.25, -0.2) is 9.52 Å². The number of rotatable bonds is 5. The molecule has 1 saturated heterocycles. The fourth-order valence-electron chi connectivity index (χ4n) is 5.30. The molecule has 4 amide bonds. The number of allylic oxidation sites excluding steroid dienone is 1. The molecule has 0 aromatic heterocycles. The van der Waals surface area contributed by atoms with E-state index in [0.717, 1.165) is 18.6 Å². The summed E-state index contributed by atoms with van der Waals surface area (Å²) in [5, 5.41) is 2.65. The molecule has 4 atom stereocenters. The van der Waals surface area contributed by atoms with Crippen molar-refractivity contribution < 1.29 is 45.5 Å². The van der Waals surface area contributed by atoms with E-state index in [2.05, 4.69) is 5.32 Å². The quantitative estimate of drug-likeness (QED) is 0.367. The van der Waals surface area contributed by atoms with Crippen LogP contribution in [0.5, 0.6) is 0 Å². The van der Waals surface area contributed by atoms with Gasteiger partial charge in [-0.05, 0) is 69.2 Å². The lowest BCUT2D eigenvalue weighted by molar-refractivity contribution is -0.146. The van der Waals surface area contributed by atoms with E-state index >= 15 is 0 Å². The number of hydrogen-bond acceptors (Lipinski definition) is 7. The van der Waals surface area contributed by atoms with E-state index < -0.39 is 69.4 Å². The Bertz CT molecular complexity index is 1350. The van der Waals surface area contributed by atoms with Crippen molar-refractivity contribution in [1.29, 1.82) is 0 Å². The van der Waals surface area contributed by atoms with Crippen LogP contribution < -0.4 is 20.5 Å². The summed E-state index contributed by atoms with van der Waals surface area (Å²) in [4.78, 5) is 52.7. The van der Waals surface area contributed by atoms with Gasteiger partial charge in [0.05, 0.1) is 11.3 Å². The van der Waals surface area contributed by atoms with Crippen LogP contribution in [0.25, 0.3) is 0 Å². The molecule has 1 aromatic rings. The van der Waals surface area contributed by atoms with Crippen molar-refractivity contribution in [2.45, 2.75) is 75.2 Å². The number of halogens is 3. The van der Waals surface area contributed by atoms with Crippen LogP contribution in [0.2, 0.25) is 0 Å². The second-order valence-electron chi connectivity index (χ2n) is 10.6. The van der Waals surface area contributed by atoms with Crippen molar-refractivity contribution >= 4 is 39.7 Å². The van der Waals surface area contributed by atoms with Gasteiger partial charge in [0.15, 0.2) is 6.10 Å². The van der Waals surface area contributed by atoms with Gasteiger partial charge in [0.2, 0.25) is 5.91 Å². The van der Waals surface area contributed by atoms with Gasteiger partial charge >= 0.3 is 22.5 Å². The van der Waals surface area contributed by atoms with Crippen LogP contribution in [0.3, 0.4) is 0 Å². The highest BCUT2D eigenvalue weighted by atomic mass is 32.2. The lowest BCUT2D eigenvalue weighted by Crippen LogP contribution is -2.57. The van der Waals surface area contributed by atoms with Crippen LogP contribution in [0, 0.1) is 5.92 Å². The molecular formula is C26H32F3N5O7S. The Morgan fingerprint density at radius 2 is 1.79 bits per heavy atom. The van der Waals surface area contributed by atoms with Crippen molar-refractivity contribution in [2.75, 3.05) is 11.3 Å². The van der Waals surface area contributed by atoms with E-state index in [-0.39, 0.29) is 31.5 Å². The topological polar surface area (TPSA) is 177 Å². The number of primary amides is 1. The molecule has 12 nitrogen and oxygen atoms in total. The summed E-state index contributed by atoms with van der Waals surface area (Å²) in [7, 11) is -4.60. The molecule has 3 aliphatic rings. The number of nitrogens with zero attached hydrogens (tertiary/aromatic N) is 1. The third kappa shape index (κ3) is 7.33. The molecule has 2 aliphatic heterocycles. The Labute approximate surface area is 240 Å². The Morgan fingerprint density at radius 3 is 2.45 bits per heavy atom. The van der Waals surface area contributed by atoms with E-state index in [1.165, 1.54) is 4.90 Å². The number of fused-ring (bicyclic) bond motifs is 2. The second-order valence-corrected chi connectivity index (χ2v) is 12.0. The average Bonchev–Trinajstić information content (AvgIpc) is 3.35. The van der Waals surface area contributed by atoms with Crippen molar-refractivity contribution in [2.24, 2.45) is 11.7 Å². The lowest BCUT2D eigenvalue weighted by atomic mass is 10.1. The predicted octanol–water partition coefficient (Wildman–Crippen LogP) is 2.33. The zero-order chi connectivity index (χ0) is 30.7. The number of nitrogens with one attached hydrogen (secondary N) is 3. The maximum Gasteiger partial charge on any atom is 0.416 e. The molecule has 0 spiro atoms. The molecule has 16 heteroatoms. The first-order chi connectivity index (χ1) is 19.7. The maximum absolute atomic E-state index is 13.4. The highest BCUT2D eigenvalue weighted by Gasteiger charge is 2.61. The first-order valence-electron chi connectivity index (χ1n) is 13.5. The van der Waals surface area contributed by atoms with Crippen molar-refractivity contribution in [1.82, 2.24) is 14.9 Å². The molecule has 4 rings (SSSR count). The first kappa shape index (κ1) is 31.1. The van der Waals surface area contributed by atoms with Crippen LogP contribution in [0.1, 0.15) is 56.9 Å². The minimum Gasteiger partial charge on any atom is -0.436 e. The summed E-state index contributed by atoms with van der Waals surface area (Å²) < 4.78 is 72.9. The summed E-state index contributed by atoms with van der Waals surface area (Å²) in [5.74, 6) is -2.83. The fraction of sp³-hybridized carbons (Fsp3) is 0.538. The molecule has 1 aromatic carbocycles. The molecule has 5 N–H and O–H groups in total. The zero-order valence-electron chi connectivity index (χ0n) is 22.5. The molecule has 0 bridgehead atoms. The van der Waals surface area contributed by atoms with Crippen molar-refractivity contribution in [3.63, 3.8) is 0 Å². The Hall–Kier alpha value is -3.82. The third-order valence-corrected chi connectivity index (χ3v) is 8.49. The highest BCUT2D eigenvalue weighted by molar-refractivity contribution is 7.91. The standard InChI is InChI=1S/C26H32F3N5O7S/c27-26(28,29)16-10-12-18(13-11-16)32-42(39,40)33-23(37)25-15-17(25)7-4-2-1-3-5-9-20(41-24(30)38)22(36)34-14-6-8-19(34)21(35)31-25/h4,7,10-13,17,19-20,32H,1-3,5-6,8-9,14-15H2,(H2,30,38)(H,31,35)(H,33,37)/b7-4+. The molecule has 230 valence electrons. The largest absolute Gasteiger partial charge is 0.436 e. The number of benzene rings is 1. The van der Waals surface area contributed by atoms with Gasteiger partial charge in [-0.3, -0.25) is 19.1 Å². The highest BCUT2D eigenvalue weighted by Crippen LogP contribution is 2.45. The number of anilines is 1. The molecule has 0 radical (unpaired) electrons. The Morgan fingerprint density at radius 1 is 1.07 bits per heavy atom. The van der Waals surface area contributed by atoms with Gasteiger partial charge in [-0.2, -0.15) is 21.6 Å². The van der Waals surface area contributed by atoms with Crippen LogP contribution in [-0.4, -0.2) is 61.4 Å². The second kappa shape index (κ2) is 12.2. The number of carbonyl (C=O) groups is 4. The number of amides is 4. The first-order valence-corrected chi connectivity index (χ1v) is 15.0. The number of nitrogens with two attached hydrogens (primary N) is 1. The van der Waals surface area contributed by atoms with Crippen LogP contribution >= 0.6 is 0 Å². The number of hydrogen-bond donors (Lipinski definition) is 4. The molecular weight excluding hydrogens is 583 g/mol. The van der Waals surface area contributed by atoms with Gasteiger partial charge < -0.3 is 20.7 Å². The predicted molar refractivity (Wildman–Crippen MR) is 143 cm³/mol. The minimum absolute atomic E-state index is 0.0882. The van der Waals surface area contributed by atoms with E-state index in [4.69, 9.17) is 10.5 Å². The zero-order valence-corrected chi connectivity index (χ0v) is 23.3. The third-order valence-electron chi connectivity index (χ3n) is 7.54. The summed E-state index contributed by atoms with van der Waals surface area (Å²) in [6.45, 7) is 0.212. The van der Waals surface area contributed by atoms with E-state index in [0.29, 0.717) is 37.8 Å². The van der Waals surface area contributed by atoms with Crippen LogP contribution in [-0.2, 0) is 35.5 Å². The van der Waals surface area contributed by atoms with Crippen LogP contribution in [0.15, 0.2) is 36.4 Å². The number of alkyl halides is 3. The minimum atomic E-state index is -4.61. The van der Waals surface area contributed by atoms with Crippen LogP contribution in [0.4, 0.5) is 23.7 Å². The summed E-state index contributed by atoms with van der Waals surface area (Å²) in [6, 6.07) is 2.20. The Balaban J connectivity index is 1.53. The van der Waals surface area contributed by atoms with Gasteiger partial charge in [0, 0.05) is 12.5 Å². The summed E-state index contributed by atoms with van der Waals surface area (Å²) >= 11 is 0. The van der Waals surface area contributed by atoms with E-state index in [1.54, 1.807) is 6.08 Å². The molecule has 4 unspecified atom stereocenters. The van der Waals surface area contributed by atoms with Crippen molar-refractivity contribution in [3.05, 3.63) is 42.0 Å². The molecule has 1 aliphatic carbocycles. The van der Waals surface area contributed by atoms with E-state index in [1.807, 2.05) is 15.5 Å². The fourth-order valence-corrected chi connectivity index (χ4v) is 6.22. The van der Waals surface area contributed by atoms with Gasteiger partial charge in [0.25, 0.3) is 11.8 Å².